The number of nitrogens with zero attached hydrogens (tertiary/aromatic N) is 5. The summed E-state index contributed by atoms with van der Waals surface area (Å²) in [5.74, 6) is 0. The minimum atomic E-state index is 0.668. The second-order valence-corrected chi connectivity index (χ2v) is 38.1. The van der Waals surface area contributed by atoms with Gasteiger partial charge in [-0.2, -0.15) is 0 Å². The van der Waals surface area contributed by atoms with Crippen molar-refractivity contribution in [3.05, 3.63) is 514 Å². The van der Waals surface area contributed by atoms with Crippen LogP contribution in [-0.2, 0) is 0 Å². The summed E-state index contributed by atoms with van der Waals surface area (Å²) in [6.45, 7) is 0. The fraction of sp³-hybridized carbons (Fsp3) is 0. The summed E-state index contributed by atoms with van der Waals surface area (Å²) in [6, 6.07) is 178. The molecule has 0 fully saturated rings. The van der Waals surface area contributed by atoms with E-state index in [0.29, 0.717) is 10.0 Å². The summed E-state index contributed by atoms with van der Waals surface area (Å²) in [6.07, 6.45) is 0. The number of halogens is 2. The first-order chi connectivity index (χ1) is 72.2. The molecule has 30 aromatic rings. The highest BCUT2D eigenvalue weighted by Gasteiger charge is 2.26. The molecule has 0 unspecified atom stereocenters. The van der Waals surface area contributed by atoms with Crippen molar-refractivity contribution in [3.63, 3.8) is 0 Å². The summed E-state index contributed by atoms with van der Waals surface area (Å²) in [7, 11) is 0. The van der Waals surface area contributed by atoms with Gasteiger partial charge in [0.1, 0.15) is 44.7 Å². The van der Waals surface area contributed by atoms with Crippen LogP contribution >= 0.6 is 23.2 Å². The number of hydrogen-bond acceptors (Lipinski definition) is 7. The number of anilines is 8. The summed E-state index contributed by atoms with van der Waals surface area (Å²) in [5.41, 5.74) is 32.8. The number of aromatic nitrogens is 3. The van der Waals surface area contributed by atoms with E-state index in [1.807, 2.05) is 66.7 Å². The van der Waals surface area contributed by atoms with Crippen molar-refractivity contribution in [2.45, 2.75) is 0 Å². The lowest BCUT2D eigenvalue weighted by atomic mass is 9.99. The fourth-order valence-electron chi connectivity index (χ4n) is 22.2. The lowest BCUT2D eigenvalue weighted by Gasteiger charge is -2.25. The van der Waals surface area contributed by atoms with E-state index < -0.39 is 0 Å². The lowest BCUT2D eigenvalue weighted by molar-refractivity contribution is 0.668. The van der Waals surface area contributed by atoms with Crippen LogP contribution < -0.4 is 15.1 Å². The first-order valence-electron chi connectivity index (χ1n) is 49.1. The molecule has 0 radical (unpaired) electrons. The van der Waals surface area contributed by atoms with Crippen LogP contribution in [0.25, 0.3) is 225 Å². The summed E-state index contributed by atoms with van der Waals surface area (Å²) >= 11 is 12.2. The van der Waals surface area contributed by atoms with Crippen LogP contribution in [0.2, 0.25) is 10.0 Å². The molecule has 0 saturated carbocycles. The number of nitrogens with one attached hydrogen (secondary N) is 1. The molecule has 23 aromatic carbocycles. The predicted molar refractivity (Wildman–Crippen MR) is 612 cm³/mol. The second kappa shape index (κ2) is 35.1. The van der Waals surface area contributed by atoms with Crippen molar-refractivity contribution in [1.29, 1.82) is 0 Å². The summed E-state index contributed by atoms with van der Waals surface area (Å²) < 4.78 is 32.7. The van der Waals surface area contributed by atoms with E-state index in [9.17, 15) is 0 Å². The maximum Gasteiger partial charge on any atom is 0.137 e. The zero-order chi connectivity index (χ0) is 96.6. The highest BCUT2D eigenvalue weighted by molar-refractivity contribution is 6.34. The van der Waals surface area contributed by atoms with Crippen LogP contribution in [0, 0.1) is 0 Å². The van der Waals surface area contributed by atoms with Crippen LogP contribution in [0.15, 0.2) is 521 Å². The van der Waals surface area contributed by atoms with Gasteiger partial charge in [-0.3, -0.25) is 0 Å². The maximum atomic E-state index is 6.83. The molecule has 0 spiro atoms. The molecule has 688 valence electrons. The van der Waals surface area contributed by atoms with Crippen LogP contribution in [-0.4, -0.2) is 13.7 Å². The zero-order valence-electron chi connectivity index (χ0n) is 78.5. The van der Waals surface area contributed by atoms with Gasteiger partial charge in [-0.25, -0.2) is 0 Å². The number of fused-ring (bicyclic) bond motifs is 27. The normalized spacial score (nSPS) is 11.8. The Bertz CT molecular complexity index is 9900. The lowest BCUT2D eigenvalue weighted by Crippen LogP contribution is -2.09. The van der Waals surface area contributed by atoms with Crippen LogP contribution in [0.4, 0.5) is 45.5 Å². The van der Waals surface area contributed by atoms with E-state index in [0.717, 1.165) is 177 Å². The molecular formula is C134H84Cl2N6O4. The van der Waals surface area contributed by atoms with Crippen LogP contribution in [0.5, 0.6) is 0 Å². The predicted octanol–water partition coefficient (Wildman–Crippen LogP) is 39.2. The monoisotopic (exact) mass is 1910 g/mol. The highest BCUT2D eigenvalue weighted by Crippen LogP contribution is 2.50. The van der Waals surface area contributed by atoms with Gasteiger partial charge in [-0.1, -0.05) is 242 Å². The average molecular weight is 1910 g/mol. The van der Waals surface area contributed by atoms with Crippen molar-refractivity contribution in [2.24, 2.45) is 0 Å². The van der Waals surface area contributed by atoms with E-state index in [-0.39, 0.29) is 0 Å². The molecule has 1 N–H and O–H groups in total. The smallest absolute Gasteiger partial charge is 0.137 e. The molecule has 7 aromatic heterocycles. The van der Waals surface area contributed by atoms with Gasteiger partial charge in [-0.05, 0) is 316 Å². The molecule has 30 rings (SSSR count). The van der Waals surface area contributed by atoms with Crippen molar-refractivity contribution in [1.82, 2.24) is 13.7 Å². The van der Waals surface area contributed by atoms with Gasteiger partial charge in [0.25, 0.3) is 0 Å². The Hall–Kier alpha value is -18.8. The molecule has 146 heavy (non-hydrogen) atoms. The number of furan rings is 4. The van der Waals surface area contributed by atoms with Crippen molar-refractivity contribution < 1.29 is 17.7 Å². The van der Waals surface area contributed by atoms with Gasteiger partial charge < -0.3 is 46.5 Å². The number of rotatable bonds is 14. The van der Waals surface area contributed by atoms with Gasteiger partial charge in [0.05, 0.1) is 33.1 Å². The maximum absolute atomic E-state index is 6.83. The molecular weight excluding hydrogens is 1830 g/mol. The second-order valence-electron chi connectivity index (χ2n) is 37.3. The Morgan fingerprint density at radius 2 is 0.411 bits per heavy atom. The molecule has 0 aliphatic rings. The minimum absolute atomic E-state index is 0.668. The average Bonchev–Trinajstić information content (AvgIpc) is 1.61. The molecule has 0 bridgehead atoms. The van der Waals surface area contributed by atoms with Crippen molar-refractivity contribution >= 4 is 243 Å². The Morgan fingerprint density at radius 3 is 0.747 bits per heavy atom. The molecule has 0 aliphatic heterocycles. The van der Waals surface area contributed by atoms with Crippen molar-refractivity contribution in [2.75, 3.05) is 15.1 Å². The van der Waals surface area contributed by atoms with Gasteiger partial charge in [0.15, 0.2) is 0 Å². The summed E-state index contributed by atoms with van der Waals surface area (Å²) in [5, 5.41) is 25.4. The molecule has 12 heteroatoms. The number of hydrogen-bond donors (Lipinski definition) is 1. The quantitative estimate of drug-likeness (QED) is 0.116. The van der Waals surface area contributed by atoms with E-state index in [4.69, 9.17) is 40.9 Å². The van der Waals surface area contributed by atoms with Gasteiger partial charge >= 0.3 is 0 Å². The number of benzene rings is 23. The standard InChI is InChI=1S/C82H52N4O2.C30H22N2.C22H10Cl2O2/c1-5-17-57(18-6-1)83(61-35-29-53(30-36-61)55-33-45-75-71(49-55)65-25-13-15-27-73(65)85(75)59-21-9-3-10-22-59)63-39-41-69-79(51-63)87-77-47-43-68-67(81(69)77)44-48-78-82(68)70-42-40-64(52-80(70)88-78)84(58-19-7-2-8-20-58)62-37-31-54(32-38-62)56-34-46-76-72(50-56)66-26-14-16-28-74(66)86(76)60-23-11-4-12-24-60;1-3-9-24(10-4-1)31-25-18-15-22(16-19-25)23-17-20-30-28(21-23)27-13-7-8-14-29(27)32(30)26-11-5-2-6-12-26;23-11-1-3-15-19(9-11)25-17-7-6-14-13(21(15)17)5-8-18-22(14)16-4-2-12(24)10-20(16)26-18/h1-52H;1-21,31H;1-10H. The topological polar surface area (TPSA) is 85.9 Å². The van der Waals surface area contributed by atoms with E-state index >= 15 is 0 Å². The molecule has 0 amide bonds. The molecule has 0 atom stereocenters. The molecule has 10 nitrogen and oxygen atoms in total. The Morgan fingerprint density at radius 1 is 0.164 bits per heavy atom. The summed E-state index contributed by atoms with van der Waals surface area (Å²) in [4.78, 5) is 4.62. The first-order valence-corrected chi connectivity index (χ1v) is 49.8. The van der Waals surface area contributed by atoms with E-state index in [1.165, 1.54) is 93.4 Å². The number of para-hydroxylation sites is 9. The highest BCUT2D eigenvalue weighted by atomic mass is 35.5. The third kappa shape index (κ3) is 14.6. The third-order valence-electron chi connectivity index (χ3n) is 28.8. The third-order valence-corrected chi connectivity index (χ3v) is 29.3. The molecule has 0 aliphatic carbocycles. The SMILES string of the molecule is Clc1ccc2c(c1)oc1ccc3c(ccc4oc5cc(Cl)ccc5c43)c12.c1ccc(N(c2ccc(-c3ccc4c(c3)c3ccccc3n4-c3ccccc3)cc2)c2ccc3c(c2)oc2ccc4c(ccc5oc6cc(N(c7ccccc7)c7ccc(-c8ccc9c(c8)c8ccccc8n9-c8ccccc8)cc7)ccc6c54)c23)cc1.c1ccc(Nc2ccc(-c3ccc4c(c3)c3ccccc3n4-c3ccccc3)cc2)cc1. The largest absolute Gasteiger partial charge is 0.456 e. The first kappa shape index (κ1) is 85.2. The Kier molecular flexibility index (Phi) is 20.5. The van der Waals surface area contributed by atoms with Crippen LogP contribution in [0.1, 0.15) is 0 Å². The van der Waals surface area contributed by atoms with Gasteiger partial charge in [0.2, 0.25) is 0 Å². The zero-order valence-corrected chi connectivity index (χ0v) is 80.1. The van der Waals surface area contributed by atoms with Gasteiger partial charge in [-0.15, -0.1) is 0 Å². The Balaban J connectivity index is 0.000000143. The van der Waals surface area contributed by atoms with E-state index in [1.54, 1.807) is 0 Å². The Labute approximate surface area is 847 Å². The van der Waals surface area contributed by atoms with Crippen molar-refractivity contribution in [3.8, 4) is 50.4 Å². The van der Waals surface area contributed by atoms with Gasteiger partial charge in [0, 0.05) is 172 Å². The molecule has 0 saturated heterocycles. The van der Waals surface area contributed by atoms with Crippen LogP contribution in [0.3, 0.4) is 0 Å². The van der Waals surface area contributed by atoms with E-state index in [2.05, 4.69) is 466 Å². The minimum Gasteiger partial charge on any atom is -0.456 e. The molecule has 7 heterocycles. The fourth-order valence-corrected chi connectivity index (χ4v) is 22.5.